The van der Waals surface area contributed by atoms with E-state index in [4.69, 9.17) is 0 Å². The minimum atomic E-state index is 1.24. The van der Waals surface area contributed by atoms with Gasteiger partial charge in [0.25, 0.3) is 0 Å². The first-order valence-corrected chi connectivity index (χ1v) is 4.97. The van der Waals surface area contributed by atoms with Crippen LogP contribution in [0, 0.1) is 0 Å². The minimum Gasteiger partial charge on any atom is -0.0760 e. The van der Waals surface area contributed by atoms with E-state index in [1.165, 1.54) is 41.5 Å². The molecule has 0 spiro atoms. The van der Waals surface area contributed by atoms with Gasteiger partial charge in [-0.1, -0.05) is 36.4 Å². The van der Waals surface area contributed by atoms with Gasteiger partial charge < -0.3 is 0 Å². The molecule has 3 rings (SSSR count). The second-order valence-corrected chi connectivity index (χ2v) is 3.71. The summed E-state index contributed by atoms with van der Waals surface area (Å²) in [6.45, 7) is 0. The molecule has 0 saturated carbocycles. The quantitative estimate of drug-likeness (QED) is 0.554. The molecular formula is C13H12. The molecule has 2 aliphatic rings. The largest absolute Gasteiger partial charge is 0.0760 e. The van der Waals surface area contributed by atoms with Crippen LogP contribution in [0.15, 0.2) is 36.4 Å². The fraction of sp³-hybridized carbons (Fsp3) is 0.231. The predicted molar refractivity (Wildman–Crippen MR) is 56.2 cm³/mol. The van der Waals surface area contributed by atoms with Crippen LogP contribution in [0.25, 0.3) is 11.1 Å². The van der Waals surface area contributed by atoms with E-state index in [0.717, 1.165) is 0 Å². The average molecular weight is 168 g/mol. The van der Waals surface area contributed by atoms with Crippen molar-refractivity contribution in [2.45, 2.75) is 19.3 Å². The number of rotatable bonds is 0. The zero-order chi connectivity index (χ0) is 8.67. The van der Waals surface area contributed by atoms with E-state index < -0.39 is 0 Å². The molecular weight excluding hydrogens is 156 g/mol. The molecule has 0 heterocycles. The summed E-state index contributed by atoms with van der Waals surface area (Å²) < 4.78 is 0. The van der Waals surface area contributed by atoms with E-state index in [-0.39, 0.29) is 0 Å². The van der Waals surface area contributed by atoms with Crippen molar-refractivity contribution in [3.63, 3.8) is 0 Å². The summed E-state index contributed by atoms with van der Waals surface area (Å²) >= 11 is 0. The van der Waals surface area contributed by atoms with E-state index in [2.05, 4.69) is 36.4 Å². The highest BCUT2D eigenvalue weighted by atomic mass is 14.3. The number of fused-ring (bicyclic) bond motifs is 4. The van der Waals surface area contributed by atoms with Crippen LogP contribution in [0.1, 0.15) is 30.4 Å². The minimum absolute atomic E-state index is 1.24. The normalized spacial score (nSPS) is 18.8. The molecule has 2 aliphatic carbocycles. The molecule has 0 unspecified atom stereocenters. The van der Waals surface area contributed by atoms with E-state index >= 15 is 0 Å². The zero-order valence-electron chi connectivity index (χ0n) is 7.59. The van der Waals surface area contributed by atoms with Crippen molar-refractivity contribution >= 4 is 11.1 Å². The standard InChI is InChI=1S/C13H12/c1-2-6-10-11(7-3-1)13-9-5-4-8-12(10)13/h4-9H,1-3H2. The summed E-state index contributed by atoms with van der Waals surface area (Å²) in [6, 6.07) is 8.70. The zero-order valence-corrected chi connectivity index (χ0v) is 7.59. The summed E-state index contributed by atoms with van der Waals surface area (Å²) in [5.41, 5.74) is 5.90. The lowest BCUT2D eigenvalue weighted by Crippen LogP contribution is -2.04. The number of allylic oxidation sites excluding steroid dienone is 4. The number of benzene rings is 1. The predicted octanol–water partition coefficient (Wildman–Crippen LogP) is 3.65. The highest BCUT2D eigenvalue weighted by Gasteiger charge is 2.24. The van der Waals surface area contributed by atoms with Crippen molar-refractivity contribution < 1.29 is 0 Å². The number of hydrogen-bond donors (Lipinski definition) is 0. The maximum Gasteiger partial charge on any atom is -0.0102 e. The van der Waals surface area contributed by atoms with Gasteiger partial charge in [-0.25, -0.2) is 0 Å². The van der Waals surface area contributed by atoms with Crippen LogP contribution in [-0.2, 0) is 0 Å². The van der Waals surface area contributed by atoms with Crippen molar-refractivity contribution in [3.05, 3.63) is 47.5 Å². The van der Waals surface area contributed by atoms with E-state index in [0.29, 0.717) is 0 Å². The van der Waals surface area contributed by atoms with Gasteiger partial charge in [0.1, 0.15) is 0 Å². The van der Waals surface area contributed by atoms with Gasteiger partial charge in [0, 0.05) is 0 Å². The molecule has 0 aliphatic heterocycles. The van der Waals surface area contributed by atoms with Gasteiger partial charge in [0.05, 0.1) is 0 Å². The lowest BCUT2D eigenvalue weighted by atomic mass is 9.78. The Morgan fingerprint density at radius 3 is 1.85 bits per heavy atom. The second-order valence-electron chi connectivity index (χ2n) is 3.71. The fourth-order valence-electron chi connectivity index (χ4n) is 2.23. The van der Waals surface area contributed by atoms with Crippen LogP contribution in [0.4, 0.5) is 0 Å². The van der Waals surface area contributed by atoms with Crippen LogP contribution in [-0.4, -0.2) is 0 Å². The molecule has 0 bridgehead atoms. The molecule has 64 valence electrons. The number of hydrogen-bond acceptors (Lipinski definition) is 0. The average Bonchev–Trinajstić information content (AvgIpc) is 2.37. The molecule has 0 atom stereocenters. The summed E-state index contributed by atoms with van der Waals surface area (Å²) in [4.78, 5) is 0. The third-order valence-corrected chi connectivity index (χ3v) is 2.90. The van der Waals surface area contributed by atoms with Gasteiger partial charge in [-0.2, -0.15) is 0 Å². The van der Waals surface area contributed by atoms with Crippen molar-refractivity contribution in [2.24, 2.45) is 0 Å². The Bertz CT molecular complexity index is 369. The van der Waals surface area contributed by atoms with Crippen molar-refractivity contribution in [3.8, 4) is 0 Å². The van der Waals surface area contributed by atoms with Gasteiger partial charge in [0.2, 0.25) is 0 Å². The molecule has 0 amide bonds. The first-order chi connectivity index (χ1) is 6.47. The highest BCUT2D eigenvalue weighted by Crippen LogP contribution is 2.46. The summed E-state index contributed by atoms with van der Waals surface area (Å²) in [6.07, 6.45) is 8.57. The van der Waals surface area contributed by atoms with Crippen LogP contribution >= 0.6 is 0 Å². The van der Waals surface area contributed by atoms with Crippen LogP contribution in [0.3, 0.4) is 0 Å². The fourth-order valence-corrected chi connectivity index (χ4v) is 2.23. The molecule has 0 saturated heterocycles. The van der Waals surface area contributed by atoms with E-state index in [9.17, 15) is 0 Å². The first kappa shape index (κ1) is 7.14. The van der Waals surface area contributed by atoms with Gasteiger partial charge in [-0.05, 0) is 41.5 Å². The monoisotopic (exact) mass is 168 g/mol. The Morgan fingerprint density at radius 2 is 1.31 bits per heavy atom. The Balaban J connectivity index is 2.21. The Labute approximate surface area is 78.6 Å². The van der Waals surface area contributed by atoms with Crippen LogP contribution in [0.2, 0.25) is 0 Å². The smallest absolute Gasteiger partial charge is 0.0102 e. The van der Waals surface area contributed by atoms with Gasteiger partial charge in [0.15, 0.2) is 0 Å². The molecule has 0 radical (unpaired) electrons. The molecule has 13 heavy (non-hydrogen) atoms. The lowest BCUT2D eigenvalue weighted by molar-refractivity contribution is 0.877. The molecule has 1 aromatic carbocycles. The van der Waals surface area contributed by atoms with E-state index in [1.54, 1.807) is 0 Å². The first-order valence-electron chi connectivity index (χ1n) is 4.97. The maximum absolute atomic E-state index is 2.39. The lowest BCUT2D eigenvalue weighted by Gasteiger charge is -2.26. The van der Waals surface area contributed by atoms with Gasteiger partial charge in [-0.15, -0.1) is 0 Å². The van der Waals surface area contributed by atoms with Gasteiger partial charge in [-0.3, -0.25) is 0 Å². The second kappa shape index (κ2) is 2.59. The Hall–Kier alpha value is -1.30. The topological polar surface area (TPSA) is 0 Å². The van der Waals surface area contributed by atoms with Crippen molar-refractivity contribution in [1.82, 2.24) is 0 Å². The molecule has 0 N–H and O–H groups in total. The van der Waals surface area contributed by atoms with Crippen molar-refractivity contribution in [2.75, 3.05) is 0 Å². The Kier molecular flexibility index (Phi) is 1.42. The van der Waals surface area contributed by atoms with Crippen molar-refractivity contribution in [1.29, 1.82) is 0 Å². The highest BCUT2D eigenvalue weighted by molar-refractivity contribution is 6.16. The van der Waals surface area contributed by atoms with Crippen LogP contribution < -0.4 is 0 Å². The molecule has 0 nitrogen and oxygen atoms in total. The van der Waals surface area contributed by atoms with E-state index in [1.807, 2.05) is 0 Å². The van der Waals surface area contributed by atoms with Gasteiger partial charge >= 0.3 is 0 Å². The molecule has 0 fully saturated rings. The maximum atomic E-state index is 2.39. The van der Waals surface area contributed by atoms with Crippen LogP contribution in [0.5, 0.6) is 0 Å². The third-order valence-electron chi connectivity index (χ3n) is 2.90. The molecule has 0 heteroatoms. The Morgan fingerprint density at radius 1 is 0.769 bits per heavy atom. The third kappa shape index (κ3) is 0.918. The summed E-state index contributed by atoms with van der Waals surface area (Å²) in [5.74, 6) is 0. The molecule has 1 aromatic rings. The molecule has 0 aromatic heterocycles. The SMILES string of the molecule is C1=C2C(=CCCC1)c1ccccc12. The summed E-state index contributed by atoms with van der Waals surface area (Å²) in [5, 5.41) is 0. The summed E-state index contributed by atoms with van der Waals surface area (Å²) in [7, 11) is 0.